The van der Waals surface area contributed by atoms with Crippen LogP contribution in [0.2, 0.25) is 14.4 Å². The lowest BCUT2D eigenvalue weighted by Gasteiger charge is -2.26. The van der Waals surface area contributed by atoms with Gasteiger partial charge in [0.15, 0.2) is 5.69 Å². The number of halogens is 3. The number of carbonyl (C=O) groups excluding carboxylic acids is 1. The first kappa shape index (κ1) is 20.7. The van der Waals surface area contributed by atoms with Crippen LogP contribution in [0.4, 0.5) is 0 Å². The Morgan fingerprint density at radius 2 is 1.90 bits per heavy atom. The molecule has 4 heterocycles. The Kier molecular flexibility index (Phi) is 5.77. The molecule has 30 heavy (non-hydrogen) atoms. The van der Waals surface area contributed by atoms with Crippen molar-refractivity contribution >= 4 is 63.8 Å². The number of thiophene rings is 1. The van der Waals surface area contributed by atoms with Crippen molar-refractivity contribution in [2.75, 3.05) is 13.1 Å². The molecule has 5 rings (SSSR count). The topological polar surface area (TPSA) is 50.2 Å². The van der Waals surface area contributed by atoms with Gasteiger partial charge in [0.25, 0.3) is 5.91 Å². The molecule has 156 valence electrons. The molecule has 0 unspecified atom stereocenters. The van der Waals surface area contributed by atoms with Gasteiger partial charge in [-0.3, -0.25) is 10.2 Å². The lowest BCUT2D eigenvalue weighted by Crippen LogP contribution is -2.45. The van der Waals surface area contributed by atoms with E-state index in [1.165, 1.54) is 6.42 Å². The molecule has 0 atom stereocenters. The molecular weight excluding hydrogens is 483 g/mol. The number of benzene rings is 1. The molecule has 0 spiro atoms. The van der Waals surface area contributed by atoms with Crippen LogP contribution in [-0.4, -0.2) is 33.8 Å². The molecule has 0 saturated carbocycles. The summed E-state index contributed by atoms with van der Waals surface area (Å²) in [6.45, 7) is 1.71. The maximum Gasteiger partial charge on any atom is 0.287 e. The van der Waals surface area contributed by atoms with E-state index >= 15 is 0 Å². The van der Waals surface area contributed by atoms with Crippen molar-refractivity contribution in [1.29, 1.82) is 0 Å². The number of amides is 1. The van der Waals surface area contributed by atoms with Gasteiger partial charge in [-0.25, -0.2) is 9.69 Å². The largest absolute Gasteiger partial charge is 0.287 e. The van der Waals surface area contributed by atoms with E-state index in [1.54, 1.807) is 39.9 Å². The normalized spacial score (nSPS) is 16.2. The standard InChI is InChI=1S/C20H17Cl3N4OS2/c21-11-4-5-14(13(22)8-11)27-18-12-9-16(23)30-15(12)10-29-19(18)17(24-27)20(28)25-26-6-2-1-3-7-26/h4-5,8-9H,1-3,6-7,10H2,(H,25,28). The summed E-state index contributed by atoms with van der Waals surface area (Å²) in [6.07, 6.45) is 3.36. The molecule has 1 amide bonds. The van der Waals surface area contributed by atoms with Gasteiger partial charge in [0.05, 0.1) is 25.6 Å². The number of carbonyl (C=O) groups is 1. The van der Waals surface area contributed by atoms with Gasteiger partial charge in [0.1, 0.15) is 0 Å². The lowest BCUT2D eigenvalue weighted by molar-refractivity contribution is 0.0741. The quantitative estimate of drug-likeness (QED) is 0.459. The zero-order chi connectivity index (χ0) is 20.8. The molecule has 10 heteroatoms. The Hall–Kier alpha value is -1.22. The molecule has 0 bridgehead atoms. The van der Waals surface area contributed by atoms with E-state index < -0.39 is 0 Å². The summed E-state index contributed by atoms with van der Waals surface area (Å²) in [4.78, 5) is 15.2. The molecular formula is C20H17Cl3N4OS2. The van der Waals surface area contributed by atoms with E-state index in [2.05, 4.69) is 5.43 Å². The Morgan fingerprint density at radius 1 is 1.10 bits per heavy atom. The Bertz CT molecular complexity index is 1140. The van der Waals surface area contributed by atoms with Crippen LogP contribution in [0.1, 0.15) is 34.6 Å². The third-order valence-electron chi connectivity index (χ3n) is 5.19. The van der Waals surface area contributed by atoms with Crippen molar-refractivity contribution < 1.29 is 4.79 Å². The Morgan fingerprint density at radius 3 is 2.67 bits per heavy atom. The highest BCUT2D eigenvalue weighted by Crippen LogP contribution is 2.48. The van der Waals surface area contributed by atoms with Crippen molar-refractivity contribution in [2.45, 2.75) is 29.9 Å². The first-order valence-electron chi connectivity index (χ1n) is 9.57. The minimum Gasteiger partial charge on any atom is -0.283 e. The smallest absolute Gasteiger partial charge is 0.283 e. The highest BCUT2D eigenvalue weighted by molar-refractivity contribution is 7.99. The maximum atomic E-state index is 13.2. The van der Waals surface area contributed by atoms with Gasteiger partial charge in [0, 0.05) is 34.3 Å². The number of hydrazine groups is 1. The summed E-state index contributed by atoms with van der Waals surface area (Å²) in [5.41, 5.74) is 5.94. The Labute approximate surface area is 197 Å². The lowest BCUT2D eigenvalue weighted by atomic mass is 10.1. The van der Waals surface area contributed by atoms with Crippen molar-refractivity contribution in [3.63, 3.8) is 0 Å². The van der Waals surface area contributed by atoms with Crippen LogP contribution in [0.5, 0.6) is 0 Å². The van der Waals surface area contributed by atoms with E-state index in [0.29, 0.717) is 25.8 Å². The van der Waals surface area contributed by atoms with Gasteiger partial charge in [-0.05, 0) is 37.1 Å². The average Bonchev–Trinajstić information content (AvgIpc) is 3.28. The molecule has 1 fully saturated rings. The molecule has 2 aromatic heterocycles. The molecule has 0 radical (unpaired) electrons. The third-order valence-corrected chi connectivity index (χ3v) is 8.29. The Balaban J connectivity index is 1.63. The average molecular weight is 500 g/mol. The second kappa shape index (κ2) is 8.37. The number of hydrogen-bond acceptors (Lipinski definition) is 5. The minimum atomic E-state index is -0.200. The number of rotatable bonds is 3. The molecule has 1 saturated heterocycles. The van der Waals surface area contributed by atoms with Crippen LogP contribution in [0, 0.1) is 0 Å². The van der Waals surface area contributed by atoms with Crippen molar-refractivity contribution in [1.82, 2.24) is 20.2 Å². The zero-order valence-corrected chi connectivity index (χ0v) is 19.7. The molecule has 0 aliphatic carbocycles. The van der Waals surface area contributed by atoms with E-state index in [0.717, 1.165) is 52.7 Å². The number of piperidine rings is 1. The highest BCUT2D eigenvalue weighted by atomic mass is 35.5. The molecule has 2 aliphatic heterocycles. The fraction of sp³-hybridized carbons (Fsp3) is 0.300. The third kappa shape index (κ3) is 3.76. The zero-order valence-electron chi connectivity index (χ0n) is 15.8. The number of nitrogens with one attached hydrogen (secondary N) is 1. The summed E-state index contributed by atoms with van der Waals surface area (Å²) < 4.78 is 2.45. The fourth-order valence-corrected chi connectivity index (χ4v) is 6.80. The fourth-order valence-electron chi connectivity index (χ4n) is 3.80. The van der Waals surface area contributed by atoms with Crippen LogP contribution < -0.4 is 5.43 Å². The summed E-state index contributed by atoms with van der Waals surface area (Å²) in [5.74, 6) is 0.554. The van der Waals surface area contributed by atoms with Gasteiger partial charge in [-0.2, -0.15) is 5.10 Å². The predicted molar refractivity (Wildman–Crippen MR) is 124 cm³/mol. The second-order valence-electron chi connectivity index (χ2n) is 7.20. The summed E-state index contributed by atoms with van der Waals surface area (Å²) in [7, 11) is 0. The second-order valence-corrected chi connectivity index (χ2v) is 10.8. The van der Waals surface area contributed by atoms with E-state index in [1.807, 2.05) is 17.1 Å². The predicted octanol–water partition coefficient (Wildman–Crippen LogP) is 6.30. The molecule has 3 aromatic rings. The molecule has 2 aliphatic rings. The van der Waals surface area contributed by atoms with Crippen molar-refractivity contribution in [2.24, 2.45) is 0 Å². The maximum absolute atomic E-state index is 13.2. The molecule has 1 N–H and O–H groups in total. The molecule has 1 aromatic carbocycles. The number of thioether (sulfide) groups is 1. The highest BCUT2D eigenvalue weighted by Gasteiger charge is 2.32. The first-order chi connectivity index (χ1) is 14.5. The van der Waals surface area contributed by atoms with Gasteiger partial charge < -0.3 is 0 Å². The summed E-state index contributed by atoms with van der Waals surface area (Å²) in [6, 6.07) is 7.20. The molecule has 5 nitrogen and oxygen atoms in total. The van der Waals surface area contributed by atoms with Gasteiger partial charge >= 0.3 is 0 Å². The minimum absolute atomic E-state index is 0.200. The number of fused-ring (bicyclic) bond motifs is 3. The van der Waals surface area contributed by atoms with E-state index in [4.69, 9.17) is 39.9 Å². The van der Waals surface area contributed by atoms with Crippen LogP contribution in [0.25, 0.3) is 16.9 Å². The SMILES string of the molecule is O=C(NN1CCCCC1)c1nn(-c2ccc(Cl)cc2Cl)c2c1SCc1sc(Cl)cc1-2. The number of nitrogens with zero attached hydrogens (tertiary/aromatic N) is 3. The van der Waals surface area contributed by atoms with Crippen LogP contribution >= 0.6 is 57.9 Å². The van der Waals surface area contributed by atoms with Crippen LogP contribution in [0.15, 0.2) is 29.2 Å². The van der Waals surface area contributed by atoms with E-state index in [-0.39, 0.29) is 5.91 Å². The van der Waals surface area contributed by atoms with Crippen LogP contribution in [-0.2, 0) is 5.75 Å². The van der Waals surface area contributed by atoms with Gasteiger partial charge in [0.2, 0.25) is 0 Å². The number of hydrogen-bond donors (Lipinski definition) is 1. The number of aromatic nitrogens is 2. The van der Waals surface area contributed by atoms with Gasteiger partial charge in [-0.15, -0.1) is 23.1 Å². The van der Waals surface area contributed by atoms with E-state index in [9.17, 15) is 4.79 Å². The monoisotopic (exact) mass is 498 g/mol. The summed E-state index contributed by atoms with van der Waals surface area (Å²) in [5, 5.41) is 7.71. The summed E-state index contributed by atoms with van der Waals surface area (Å²) >= 11 is 22.1. The van der Waals surface area contributed by atoms with Gasteiger partial charge in [-0.1, -0.05) is 41.2 Å². The first-order valence-corrected chi connectivity index (χ1v) is 12.5. The van der Waals surface area contributed by atoms with Crippen molar-refractivity contribution in [3.05, 3.63) is 49.2 Å². The van der Waals surface area contributed by atoms with Crippen LogP contribution in [0.3, 0.4) is 0 Å². The van der Waals surface area contributed by atoms with Crippen molar-refractivity contribution in [3.8, 4) is 16.9 Å².